The molecule has 0 spiro atoms. The largest absolute Gasteiger partial charge is 0.465 e. The first-order chi connectivity index (χ1) is 13.4. The highest BCUT2D eigenvalue weighted by molar-refractivity contribution is 6.31. The Morgan fingerprint density at radius 2 is 1.93 bits per heavy atom. The zero-order valence-electron chi connectivity index (χ0n) is 15.2. The zero-order valence-corrected chi connectivity index (χ0v) is 16.0. The van der Waals surface area contributed by atoms with Crippen molar-refractivity contribution in [3.63, 3.8) is 0 Å². The van der Waals surface area contributed by atoms with E-state index < -0.39 is 6.09 Å². The summed E-state index contributed by atoms with van der Waals surface area (Å²) in [6, 6.07) is 14.7. The molecule has 0 saturated heterocycles. The van der Waals surface area contributed by atoms with Crippen molar-refractivity contribution in [3.05, 3.63) is 64.7 Å². The van der Waals surface area contributed by atoms with E-state index in [-0.39, 0.29) is 5.95 Å². The number of carbonyl (C=O) groups is 1. The number of nitrogens with two attached hydrogens (primary N) is 1. The van der Waals surface area contributed by atoms with Gasteiger partial charge in [-0.2, -0.15) is 4.98 Å². The van der Waals surface area contributed by atoms with Crippen molar-refractivity contribution in [1.82, 2.24) is 9.97 Å². The van der Waals surface area contributed by atoms with E-state index in [0.717, 1.165) is 23.1 Å². The van der Waals surface area contributed by atoms with Crippen LogP contribution in [0.25, 0.3) is 11.3 Å². The van der Waals surface area contributed by atoms with Crippen LogP contribution < -0.4 is 16.4 Å². The van der Waals surface area contributed by atoms with Gasteiger partial charge in [0.15, 0.2) is 0 Å². The van der Waals surface area contributed by atoms with E-state index in [0.29, 0.717) is 28.8 Å². The van der Waals surface area contributed by atoms with Gasteiger partial charge < -0.3 is 16.2 Å². The molecule has 0 bridgehead atoms. The molecule has 0 aliphatic carbocycles. The SMILES string of the molecule is Cc1c(Cl)cccc1-c1cc(NCCc2ccc(NC(=O)O)cc2)nc(N)n1. The molecule has 0 radical (unpaired) electrons. The monoisotopic (exact) mass is 397 g/mol. The van der Waals surface area contributed by atoms with Gasteiger partial charge in [-0.15, -0.1) is 0 Å². The topological polar surface area (TPSA) is 113 Å². The molecule has 7 nitrogen and oxygen atoms in total. The van der Waals surface area contributed by atoms with Gasteiger partial charge in [-0.1, -0.05) is 35.9 Å². The molecule has 3 rings (SSSR count). The van der Waals surface area contributed by atoms with Crippen LogP contribution in [0.3, 0.4) is 0 Å². The van der Waals surface area contributed by atoms with Crippen LogP contribution in [0.5, 0.6) is 0 Å². The van der Waals surface area contributed by atoms with Crippen LogP contribution in [0, 0.1) is 6.92 Å². The molecular weight excluding hydrogens is 378 g/mol. The second kappa shape index (κ2) is 8.58. The second-order valence-electron chi connectivity index (χ2n) is 6.21. The van der Waals surface area contributed by atoms with Gasteiger partial charge in [0.1, 0.15) is 5.82 Å². The van der Waals surface area contributed by atoms with Gasteiger partial charge in [-0.25, -0.2) is 9.78 Å². The van der Waals surface area contributed by atoms with Gasteiger partial charge in [-0.05, 0) is 42.7 Å². The van der Waals surface area contributed by atoms with Crippen LogP contribution in [0.2, 0.25) is 5.02 Å². The number of nitrogen functional groups attached to an aromatic ring is 1. The highest BCUT2D eigenvalue weighted by Gasteiger charge is 2.09. The average molecular weight is 398 g/mol. The van der Waals surface area contributed by atoms with Gasteiger partial charge in [0.2, 0.25) is 5.95 Å². The second-order valence-corrected chi connectivity index (χ2v) is 6.62. The third-order valence-corrected chi connectivity index (χ3v) is 4.62. The maximum absolute atomic E-state index is 10.6. The fourth-order valence-electron chi connectivity index (χ4n) is 2.79. The van der Waals surface area contributed by atoms with Crippen LogP contribution in [0.1, 0.15) is 11.1 Å². The van der Waals surface area contributed by atoms with E-state index >= 15 is 0 Å². The van der Waals surface area contributed by atoms with Crippen molar-refractivity contribution < 1.29 is 9.90 Å². The minimum absolute atomic E-state index is 0.184. The quantitative estimate of drug-likeness (QED) is 0.489. The first-order valence-corrected chi connectivity index (χ1v) is 9.03. The minimum Gasteiger partial charge on any atom is -0.465 e. The lowest BCUT2D eigenvalue weighted by atomic mass is 10.1. The molecule has 0 saturated carbocycles. The van der Waals surface area contributed by atoms with Gasteiger partial charge in [0, 0.05) is 28.9 Å². The van der Waals surface area contributed by atoms with E-state index in [1.807, 2.05) is 43.3 Å². The summed E-state index contributed by atoms with van der Waals surface area (Å²) in [5.74, 6) is 0.814. The maximum atomic E-state index is 10.6. The summed E-state index contributed by atoms with van der Waals surface area (Å²) >= 11 is 6.21. The Bertz CT molecular complexity index is 992. The van der Waals surface area contributed by atoms with Crippen LogP contribution in [0.15, 0.2) is 48.5 Å². The Morgan fingerprint density at radius 1 is 1.18 bits per heavy atom. The first kappa shape index (κ1) is 19.4. The molecule has 0 fully saturated rings. The average Bonchev–Trinajstić information content (AvgIpc) is 2.64. The van der Waals surface area contributed by atoms with Gasteiger partial charge in [0.25, 0.3) is 0 Å². The zero-order chi connectivity index (χ0) is 20.1. The number of nitrogens with zero attached hydrogens (tertiary/aromatic N) is 2. The minimum atomic E-state index is -1.08. The van der Waals surface area contributed by atoms with Crippen LogP contribution in [0.4, 0.5) is 22.2 Å². The lowest BCUT2D eigenvalue weighted by Gasteiger charge is -2.11. The van der Waals surface area contributed by atoms with Crippen LogP contribution in [-0.2, 0) is 6.42 Å². The summed E-state index contributed by atoms with van der Waals surface area (Å²) < 4.78 is 0. The number of hydrogen-bond donors (Lipinski definition) is 4. The third-order valence-electron chi connectivity index (χ3n) is 4.21. The molecule has 0 atom stereocenters. The number of nitrogens with one attached hydrogen (secondary N) is 2. The summed E-state index contributed by atoms with van der Waals surface area (Å²) in [7, 11) is 0. The summed E-state index contributed by atoms with van der Waals surface area (Å²) in [5.41, 5.74) is 10.0. The van der Waals surface area contributed by atoms with E-state index in [9.17, 15) is 4.79 Å². The smallest absolute Gasteiger partial charge is 0.409 e. The van der Waals surface area contributed by atoms with Crippen molar-refractivity contribution in [2.45, 2.75) is 13.3 Å². The van der Waals surface area contributed by atoms with Crippen molar-refractivity contribution in [2.24, 2.45) is 0 Å². The number of benzene rings is 2. The van der Waals surface area contributed by atoms with Gasteiger partial charge in [-0.3, -0.25) is 5.32 Å². The number of carboxylic acid groups (broad SMARTS) is 1. The Hall–Kier alpha value is -3.32. The van der Waals surface area contributed by atoms with Crippen LogP contribution >= 0.6 is 11.6 Å². The number of hydrogen-bond acceptors (Lipinski definition) is 5. The summed E-state index contributed by atoms with van der Waals surface area (Å²) in [4.78, 5) is 19.2. The number of aromatic nitrogens is 2. The molecule has 5 N–H and O–H groups in total. The first-order valence-electron chi connectivity index (χ1n) is 8.65. The summed E-state index contributed by atoms with van der Waals surface area (Å²) in [5, 5.41) is 14.9. The van der Waals surface area contributed by atoms with Crippen molar-refractivity contribution >= 4 is 35.1 Å². The number of halogens is 1. The lowest BCUT2D eigenvalue weighted by Crippen LogP contribution is -2.09. The van der Waals surface area contributed by atoms with Crippen molar-refractivity contribution in [1.29, 1.82) is 0 Å². The predicted octanol–water partition coefficient (Wildman–Crippen LogP) is 4.43. The molecule has 1 amide bonds. The van der Waals surface area contributed by atoms with Crippen molar-refractivity contribution in [3.8, 4) is 11.3 Å². The van der Waals surface area contributed by atoms with E-state index in [4.69, 9.17) is 22.4 Å². The fourth-order valence-corrected chi connectivity index (χ4v) is 2.97. The number of amides is 1. The highest BCUT2D eigenvalue weighted by Crippen LogP contribution is 2.28. The van der Waals surface area contributed by atoms with Crippen LogP contribution in [-0.4, -0.2) is 27.7 Å². The molecule has 144 valence electrons. The highest BCUT2D eigenvalue weighted by atomic mass is 35.5. The lowest BCUT2D eigenvalue weighted by molar-refractivity contribution is 0.210. The maximum Gasteiger partial charge on any atom is 0.409 e. The Balaban J connectivity index is 1.67. The van der Waals surface area contributed by atoms with Crippen molar-refractivity contribution in [2.75, 3.05) is 22.9 Å². The number of rotatable bonds is 6. The molecule has 3 aromatic rings. The fraction of sp³-hybridized carbons (Fsp3) is 0.150. The van der Waals surface area contributed by atoms with E-state index in [1.165, 1.54) is 0 Å². The van der Waals surface area contributed by atoms with Gasteiger partial charge in [0.05, 0.1) is 5.69 Å². The molecule has 1 aromatic heterocycles. The van der Waals surface area contributed by atoms with Gasteiger partial charge >= 0.3 is 6.09 Å². The molecule has 0 unspecified atom stereocenters. The van der Waals surface area contributed by atoms with E-state index in [2.05, 4.69) is 20.6 Å². The summed E-state index contributed by atoms with van der Waals surface area (Å²) in [6.07, 6.45) is -0.343. The molecular formula is C20H20ClN5O2. The molecule has 0 aliphatic rings. The Labute approximate surface area is 167 Å². The number of anilines is 3. The molecule has 1 heterocycles. The summed E-state index contributed by atoms with van der Waals surface area (Å²) in [6.45, 7) is 2.57. The van der Waals surface area contributed by atoms with E-state index in [1.54, 1.807) is 12.1 Å². The molecule has 8 heteroatoms. The molecule has 28 heavy (non-hydrogen) atoms. The normalized spacial score (nSPS) is 10.5. The predicted molar refractivity (Wildman–Crippen MR) is 112 cm³/mol. The third kappa shape index (κ3) is 4.89. The Kier molecular flexibility index (Phi) is 5.96. The molecule has 2 aromatic carbocycles. The standard InChI is InChI=1S/C20H20ClN5O2/c1-12-15(3-2-4-16(12)21)17-11-18(26-19(22)25-17)23-10-9-13-5-7-14(8-6-13)24-20(27)28/h2-8,11,24H,9-10H2,1H3,(H,27,28)(H3,22,23,25,26). The Morgan fingerprint density at radius 3 is 2.64 bits per heavy atom. The molecule has 0 aliphatic heterocycles.